The van der Waals surface area contributed by atoms with E-state index in [0.717, 1.165) is 0 Å². The van der Waals surface area contributed by atoms with E-state index in [1.165, 1.54) is 44.6 Å². The molecule has 0 fully saturated rings. The predicted molar refractivity (Wildman–Crippen MR) is 106 cm³/mol. The molecule has 0 aliphatic heterocycles. The number of fused-ring (bicyclic) bond motifs is 3. The Morgan fingerprint density at radius 2 is 1.69 bits per heavy atom. The van der Waals surface area contributed by atoms with Gasteiger partial charge in [-0.2, -0.15) is 0 Å². The fraction of sp³-hybridized carbons (Fsp3) is 0.250. The van der Waals surface area contributed by atoms with Gasteiger partial charge < -0.3 is 0 Å². The first-order chi connectivity index (χ1) is 12.3. The highest BCUT2D eigenvalue weighted by atomic mass is 14.9. The van der Waals surface area contributed by atoms with Gasteiger partial charge in [0.1, 0.15) is 7.05 Å². The highest BCUT2D eigenvalue weighted by Gasteiger charge is 2.39. The lowest BCUT2D eigenvalue weighted by atomic mass is 9.78. The second kappa shape index (κ2) is 5.54. The summed E-state index contributed by atoms with van der Waals surface area (Å²) in [4.78, 5) is 3.64. The number of rotatable bonds is 1. The predicted octanol–water partition coefficient (Wildman–Crippen LogP) is 5.65. The molecule has 1 aromatic heterocycles. The van der Waals surface area contributed by atoms with Gasteiger partial charge in [0.15, 0.2) is 11.9 Å². The molecule has 1 heterocycles. The number of aromatic nitrogens is 1. The summed E-state index contributed by atoms with van der Waals surface area (Å²) in [6, 6.07) is 15.0. The van der Waals surface area contributed by atoms with E-state index in [9.17, 15) is 0 Å². The number of hydrogen-bond donors (Lipinski definition) is 0. The van der Waals surface area contributed by atoms with Crippen LogP contribution in [0.1, 0.15) is 36.1 Å². The van der Waals surface area contributed by atoms with Crippen molar-refractivity contribution in [3.63, 3.8) is 0 Å². The second-order valence-electron chi connectivity index (χ2n) is 7.85. The Labute approximate surface area is 155 Å². The average Bonchev–Trinajstić information content (AvgIpc) is 2.83. The molecule has 0 saturated heterocycles. The molecule has 3 aromatic rings. The van der Waals surface area contributed by atoms with Crippen molar-refractivity contribution in [1.29, 1.82) is 0 Å². The molecule has 0 unspecified atom stereocenters. The maximum absolute atomic E-state index is 7.38. The molecule has 26 heavy (non-hydrogen) atoms. The highest BCUT2D eigenvalue weighted by Crippen LogP contribution is 2.53. The number of aryl methyl sites for hydroxylation is 3. The van der Waals surface area contributed by atoms with Crippen LogP contribution in [-0.4, -0.2) is 0 Å². The maximum Gasteiger partial charge on any atom is 0.212 e. The van der Waals surface area contributed by atoms with Crippen LogP contribution < -0.4 is 4.57 Å². The second-order valence-corrected chi connectivity index (χ2v) is 7.85. The molecule has 2 nitrogen and oxygen atoms in total. The lowest BCUT2D eigenvalue weighted by Gasteiger charge is -2.25. The molecule has 1 aliphatic carbocycles. The molecule has 0 spiro atoms. The highest BCUT2D eigenvalue weighted by molar-refractivity contribution is 5.89. The summed E-state index contributed by atoms with van der Waals surface area (Å²) < 4.78 is 2.22. The molecule has 0 N–H and O–H groups in total. The number of nitrogens with zero attached hydrogens (tertiary/aromatic N) is 2. The lowest BCUT2D eigenvalue weighted by molar-refractivity contribution is -0.660. The summed E-state index contributed by atoms with van der Waals surface area (Å²) in [5, 5.41) is 0. The minimum absolute atomic E-state index is 0.134. The van der Waals surface area contributed by atoms with Crippen molar-refractivity contribution in [2.75, 3.05) is 0 Å². The molecular formula is C24H23N2+. The molecule has 0 radical (unpaired) electrons. The van der Waals surface area contributed by atoms with Gasteiger partial charge in [0.25, 0.3) is 0 Å². The molecule has 128 valence electrons. The smallest absolute Gasteiger partial charge is 0.212 e. The van der Waals surface area contributed by atoms with Crippen molar-refractivity contribution < 1.29 is 4.57 Å². The first kappa shape index (κ1) is 16.5. The van der Waals surface area contributed by atoms with E-state index < -0.39 is 0 Å². The van der Waals surface area contributed by atoms with Crippen LogP contribution >= 0.6 is 0 Å². The standard InChI is InChI=1S/C24H23N2/c1-15-7-12-21(26(6)14-15)22-16(2)8-10-19-18-11-9-17(25-5)13-20(18)24(3,4)23(19)22/h7-14H,1-4,6H3/q+1. The Balaban J connectivity index is 2.07. The largest absolute Gasteiger partial charge is 0.238 e. The molecular weight excluding hydrogens is 316 g/mol. The number of benzene rings is 2. The van der Waals surface area contributed by atoms with Crippen molar-refractivity contribution >= 4 is 5.69 Å². The third-order valence-corrected chi connectivity index (χ3v) is 5.67. The van der Waals surface area contributed by atoms with E-state index in [4.69, 9.17) is 6.57 Å². The first-order valence-electron chi connectivity index (χ1n) is 8.97. The first-order valence-corrected chi connectivity index (χ1v) is 8.97. The van der Waals surface area contributed by atoms with Crippen molar-refractivity contribution in [3.05, 3.63) is 82.3 Å². The van der Waals surface area contributed by atoms with Gasteiger partial charge in [-0.15, -0.1) is 0 Å². The summed E-state index contributed by atoms with van der Waals surface area (Å²) in [5.41, 5.74) is 10.8. The summed E-state index contributed by atoms with van der Waals surface area (Å²) in [5.74, 6) is 0. The maximum atomic E-state index is 7.38. The van der Waals surface area contributed by atoms with Gasteiger partial charge in [-0.25, -0.2) is 9.41 Å². The monoisotopic (exact) mass is 339 g/mol. The van der Waals surface area contributed by atoms with E-state index in [1.54, 1.807) is 0 Å². The van der Waals surface area contributed by atoms with Crippen molar-refractivity contribution in [2.45, 2.75) is 33.1 Å². The normalized spacial score (nSPS) is 13.8. The zero-order chi connectivity index (χ0) is 18.6. The molecule has 2 heteroatoms. The summed E-state index contributed by atoms with van der Waals surface area (Å²) in [6.45, 7) is 16.3. The molecule has 0 bridgehead atoms. The van der Waals surface area contributed by atoms with Gasteiger partial charge in [0, 0.05) is 17.0 Å². The van der Waals surface area contributed by atoms with Crippen LogP contribution in [0, 0.1) is 20.4 Å². The topological polar surface area (TPSA) is 8.24 Å². The van der Waals surface area contributed by atoms with E-state index in [2.05, 4.69) is 86.7 Å². The fourth-order valence-corrected chi connectivity index (χ4v) is 4.40. The van der Waals surface area contributed by atoms with Crippen LogP contribution in [0.5, 0.6) is 0 Å². The number of pyridine rings is 1. The number of hydrogen-bond acceptors (Lipinski definition) is 0. The van der Waals surface area contributed by atoms with Gasteiger partial charge in [-0.1, -0.05) is 44.2 Å². The van der Waals surface area contributed by atoms with E-state index in [1.807, 2.05) is 6.07 Å². The van der Waals surface area contributed by atoms with E-state index in [0.29, 0.717) is 5.69 Å². The zero-order valence-electron chi connectivity index (χ0n) is 16.0. The summed E-state index contributed by atoms with van der Waals surface area (Å²) in [6.07, 6.45) is 2.18. The Kier molecular flexibility index (Phi) is 3.53. The lowest BCUT2D eigenvalue weighted by Crippen LogP contribution is -2.32. The zero-order valence-corrected chi connectivity index (χ0v) is 16.0. The van der Waals surface area contributed by atoms with Crippen molar-refractivity contribution in [1.82, 2.24) is 0 Å². The molecule has 0 saturated carbocycles. The van der Waals surface area contributed by atoms with E-state index in [-0.39, 0.29) is 5.41 Å². The minimum atomic E-state index is -0.134. The van der Waals surface area contributed by atoms with Crippen LogP contribution in [0.15, 0.2) is 48.7 Å². The van der Waals surface area contributed by atoms with Gasteiger partial charge in [-0.3, -0.25) is 0 Å². The molecule has 1 aliphatic rings. The molecule has 4 rings (SSSR count). The molecule has 0 amide bonds. The van der Waals surface area contributed by atoms with Crippen LogP contribution in [-0.2, 0) is 12.5 Å². The van der Waals surface area contributed by atoms with Gasteiger partial charge >= 0.3 is 0 Å². The third kappa shape index (κ3) is 2.21. The quantitative estimate of drug-likeness (QED) is 0.400. The average molecular weight is 339 g/mol. The molecule has 2 aromatic carbocycles. The van der Waals surface area contributed by atoms with Crippen LogP contribution in [0.3, 0.4) is 0 Å². The van der Waals surface area contributed by atoms with Crippen molar-refractivity contribution in [2.24, 2.45) is 7.05 Å². The Bertz CT molecular complexity index is 1100. The van der Waals surface area contributed by atoms with Gasteiger partial charge in [-0.05, 0) is 47.7 Å². The Morgan fingerprint density at radius 1 is 0.962 bits per heavy atom. The van der Waals surface area contributed by atoms with Crippen LogP contribution in [0.2, 0.25) is 0 Å². The summed E-state index contributed by atoms with van der Waals surface area (Å²) >= 11 is 0. The minimum Gasteiger partial charge on any atom is -0.238 e. The third-order valence-electron chi connectivity index (χ3n) is 5.67. The fourth-order valence-electron chi connectivity index (χ4n) is 4.40. The Morgan fingerprint density at radius 3 is 2.38 bits per heavy atom. The van der Waals surface area contributed by atoms with Crippen LogP contribution in [0.4, 0.5) is 5.69 Å². The van der Waals surface area contributed by atoms with E-state index >= 15 is 0 Å². The van der Waals surface area contributed by atoms with Crippen molar-refractivity contribution in [3.8, 4) is 22.4 Å². The Hall–Kier alpha value is -2.92. The van der Waals surface area contributed by atoms with Gasteiger partial charge in [0.05, 0.1) is 12.1 Å². The van der Waals surface area contributed by atoms with Gasteiger partial charge in [0.2, 0.25) is 5.69 Å². The summed E-state index contributed by atoms with van der Waals surface area (Å²) in [7, 11) is 2.12. The molecule has 0 atom stereocenters. The van der Waals surface area contributed by atoms with Crippen LogP contribution in [0.25, 0.3) is 27.2 Å². The SMILES string of the molecule is [C-]#[N+]c1ccc2c(c1)C(C)(C)c1c-2ccc(C)c1-c1ccc(C)c[n+]1C.